The van der Waals surface area contributed by atoms with Gasteiger partial charge in [0.1, 0.15) is 10.7 Å². The summed E-state index contributed by atoms with van der Waals surface area (Å²) >= 11 is 0. The second-order valence-electron chi connectivity index (χ2n) is 8.73. The molecule has 0 amide bonds. The van der Waals surface area contributed by atoms with Gasteiger partial charge in [-0.1, -0.05) is 41.5 Å². The molecule has 2 heterocycles. The van der Waals surface area contributed by atoms with Gasteiger partial charge in [-0.15, -0.1) is 0 Å². The average molecular weight is 476 g/mol. The van der Waals surface area contributed by atoms with E-state index in [0.717, 1.165) is 22.0 Å². The molecule has 0 unspecified atom stereocenters. The first kappa shape index (κ1) is 22.3. The molecule has 0 bridgehead atoms. The fraction of sp³-hybridized carbons (Fsp3) is 0.222. The standard InChI is InChI=1S/C27H26FN3O2S/c1-19-7-10-21(11-8-19)34(32,33)26-18-29-24-12-9-20(2)17-22(24)27(26)31-15-13-30(14-16-31)25-6-4-3-5-23(25)28/h3-12,17-18H,13-16H2,1-2H3. The molecule has 3 aromatic carbocycles. The highest BCUT2D eigenvalue weighted by Gasteiger charge is 2.29. The lowest BCUT2D eigenvalue weighted by molar-refractivity contribution is 0.590. The molecular formula is C27H26FN3O2S. The molecule has 4 aromatic rings. The Bertz CT molecular complexity index is 1460. The van der Waals surface area contributed by atoms with E-state index >= 15 is 0 Å². The summed E-state index contributed by atoms with van der Waals surface area (Å²) in [6, 6.07) is 19.5. The fourth-order valence-corrected chi connectivity index (χ4v) is 5.95. The SMILES string of the molecule is Cc1ccc(S(=O)(=O)c2cnc3ccc(C)cc3c2N2CCN(c3ccccc3F)CC2)cc1. The van der Waals surface area contributed by atoms with Gasteiger partial charge in [0.2, 0.25) is 9.84 Å². The smallest absolute Gasteiger partial charge is 0.210 e. The number of fused-ring (bicyclic) bond motifs is 1. The van der Waals surface area contributed by atoms with E-state index in [4.69, 9.17) is 0 Å². The molecule has 0 spiro atoms. The number of aryl methyl sites for hydroxylation is 2. The first-order valence-electron chi connectivity index (χ1n) is 11.3. The van der Waals surface area contributed by atoms with Gasteiger partial charge < -0.3 is 9.80 Å². The van der Waals surface area contributed by atoms with Gasteiger partial charge >= 0.3 is 0 Å². The molecule has 1 fully saturated rings. The van der Waals surface area contributed by atoms with Gasteiger partial charge in [0, 0.05) is 37.8 Å². The largest absolute Gasteiger partial charge is 0.366 e. The van der Waals surface area contributed by atoms with Gasteiger partial charge in [0.15, 0.2) is 0 Å². The van der Waals surface area contributed by atoms with Crippen molar-refractivity contribution in [3.05, 3.63) is 89.9 Å². The summed E-state index contributed by atoms with van der Waals surface area (Å²) in [7, 11) is -3.79. The minimum atomic E-state index is -3.79. The molecule has 1 aliphatic heterocycles. The zero-order valence-corrected chi connectivity index (χ0v) is 20.0. The van der Waals surface area contributed by atoms with E-state index in [9.17, 15) is 12.8 Å². The van der Waals surface area contributed by atoms with Crippen LogP contribution in [-0.2, 0) is 9.84 Å². The summed E-state index contributed by atoms with van der Waals surface area (Å²) in [6.07, 6.45) is 1.48. The average Bonchev–Trinajstić information content (AvgIpc) is 2.84. The summed E-state index contributed by atoms with van der Waals surface area (Å²) in [6.45, 7) is 6.22. The highest BCUT2D eigenvalue weighted by atomic mass is 32.2. The second kappa shape index (κ2) is 8.72. The van der Waals surface area contributed by atoms with Crippen molar-refractivity contribution >= 4 is 32.1 Å². The predicted molar refractivity (Wildman–Crippen MR) is 134 cm³/mol. The molecule has 5 rings (SSSR count). The van der Waals surface area contributed by atoms with Crippen molar-refractivity contribution in [3.63, 3.8) is 0 Å². The molecule has 0 radical (unpaired) electrons. The first-order valence-corrected chi connectivity index (χ1v) is 12.8. The van der Waals surface area contributed by atoms with E-state index in [1.807, 2.05) is 43.0 Å². The molecule has 34 heavy (non-hydrogen) atoms. The number of sulfone groups is 1. The van der Waals surface area contributed by atoms with Crippen molar-refractivity contribution < 1.29 is 12.8 Å². The fourth-order valence-electron chi connectivity index (χ4n) is 4.52. The van der Waals surface area contributed by atoms with Crippen LogP contribution in [0.15, 0.2) is 82.7 Å². The van der Waals surface area contributed by atoms with Crippen LogP contribution in [0.2, 0.25) is 0 Å². The number of pyridine rings is 1. The van der Waals surface area contributed by atoms with Gasteiger partial charge in [-0.05, 0) is 50.2 Å². The van der Waals surface area contributed by atoms with Crippen molar-refractivity contribution in [3.8, 4) is 0 Å². The van der Waals surface area contributed by atoms with Gasteiger partial charge in [0.05, 0.1) is 21.8 Å². The maximum Gasteiger partial charge on any atom is 0.210 e. The highest BCUT2D eigenvalue weighted by Crippen LogP contribution is 2.37. The van der Waals surface area contributed by atoms with Crippen molar-refractivity contribution in [2.24, 2.45) is 0 Å². The molecule has 7 heteroatoms. The normalized spacial score (nSPS) is 14.6. The van der Waals surface area contributed by atoms with Crippen LogP contribution in [0, 0.1) is 19.7 Å². The Balaban J connectivity index is 1.59. The molecule has 0 aliphatic carbocycles. The number of benzene rings is 3. The minimum absolute atomic E-state index is 0.203. The number of aromatic nitrogens is 1. The van der Waals surface area contributed by atoms with Crippen LogP contribution in [0.3, 0.4) is 0 Å². The van der Waals surface area contributed by atoms with E-state index in [1.165, 1.54) is 12.3 Å². The molecule has 1 aromatic heterocycles. The summed E-state index contributed by atoms with van der Waals surface area (Å²) in [5.74, 6) is -0.247. The summed E-state index contributed by atoms with van der Waals surface area (Å²) in [5, 5.41) is 0.813. The van der Waals surface area contributed by atoms with E-state index in [2.05, 4.69) is 9.88 Å². The Hall–Kier alpha value is -3.45. The molecule has 0 saturated carbocycles. The Morgan fingerprint density at radius 3 is 2.18 bits per heavy atom. The molecule has 0 N–H and O–H groups in total. The molecule has 5 nitrogen and oxygen atoms in total. The molecule has 0 atom stereocenters. The number of nitrogens with zero attached hydrogens (tertiary/aromatic N) is 3. The topological polar surface area (TPSA) is 53.5 Å². The Kier molecular flexibility index (Phi) is 5.73. The van der Waals surface area contributed by atoms with E-state index in [1.54, 1.807) is 36.4 Å². The maximum atomic E-state index is 14.3. The van der Waals surface area contributed by atoms with Crippen molar-refractivity contribution in [1.82, 2.24) is 4.98 Å². The molecule has 1 saturated heterocycles. The number of para-hydroxylation sites is 1. The number of hydrogen-bond donors (Lipinski definition) is 0. The molecular weight excluding hydrogens is 449 g/mol. The van der Waals surface area contributed by atoms with Gasteiger partial charge in [-0.2, -0.15) is 0 Å². The third kappa shape index (κ3) is 4.01. The zero-order valence-electron chi connectivity index (χ0n) is 19.2. The van der Waals surface area contributed by atoms with Crippen LogP contribution < -0.4 is 9.80 Å². The second-order valence-corrected chi connectivity index (χ2v) is 10.7. The van der Waals surface area contributed by atoms with Gasteiger partial charge in [-0.3, -0.25) is 4.98 Å². The maximum absolute atomic E-state index is 14.3. The first-order chi connectivity index (χ1) is 16.3. The van der Waals surface area contributed by atoms with Crippen LogP contribution in [0.5, 0.6) is 0 Å². The van der Waals surface area contributed by atoms with E-state index in [0.29, 0.717) is 37.6 Å². The lowest BCUT2D eigenvalue weighted by atomic mass is 10.1. The minimum Gasteiger partial charge on any atom is -0.366 e. The Labute approximate surface area is 199 Å². The lowest BCUT2D eigenvalue weighted by Crippen LogP contribution is -2.47. The van der Waals surface area contributed by atoms with Crippen molar-refractivity contribution in [2.45, 2.75) is 23.6 Å². The van der Waals surface area contributed by atoms with Crippen molar-refractivity contribution in [1.29, 1.82) is 0 Å². The van der Waals surface area contributed by atoms with Crippen LogP contribution in [0.4, 0.5) is 15.8 Å². The number of halogens is 1. The van der Waals surface area contributed by atoms with Gasteiger partial charge in [0.25, 0.3) is 0 Å². The monoisotopic (exact) mass is 475 g/mol. The third-order valence-corrected chi connectivity index (χ3v) is 8.14. The summed E-state index contributed by atoms with van der Waals surface area (Å²) in [4.78, 5) is 9.05. The number of anilines is 2. The quantitative estimate of drug-likeness (QED) is 0.409. The lowest BCUT2D eigenvalue weighted by Gasteiger charge is -2.38. The van der Waals surface area contributed by atoms with E-state index in [-0.39, 0.29) is 15.6 Å². The molecule has 174 valence electrons. The predicted octanol–water partition coefficient (Wildman–Crippen LogP) is 5.15. The summed E-state index contributed by atoms with van der Waals surface area (Å²) < 4.78 is 41.8. The number of hydrogen-bond acceptors (Lipinski definition) is 5. The van der Waals surface area contributed by atoms with Crippen LogP contribution in [-0.4, -0.2) is 39.6 Å². The van der Waals surface area contributed by atoms with Crippen LogP contribution in [0.25, 0.3) is 10.9 Å². The number of rotatable bonds is 4. The molecule has 1 aliphatic rings. The number of piperazine rings is 1. The van der Waals surface area contributed by atoms with Crippen molar-refractivity contribution in [2.75, 3.05) is 36.0 Å². The van der Waals surface area contributed by atoms with E-state index < -0.39 is 9.84 Å². The Morgan fingerprint density at radius 1 is 0.824 bits per heavy atom. The Morgan fingerprint density at radius 2 is 1.47 bits per heavy atom. The zero-order chi connectivity index (χ0) is 23.9. The highest BCUT2D eigenvalue weighted by molar-refractivity contribution is 7.91. The van der Waals surface area contributed by atoms with Crippen LogP contribution in [0.1, 0.15) is 11.1 Å². The third-order valence-electron chi connectivity index (χ3n) is 6.37. The summed E-state index contributed by atoms with van der Waals surface area (Å²) in [5.41, 5.74) is 4.02. The van der Waals surface area contributed by atoms with Gasteiger partial charge in [-0.25, -0.2) is 12.8 Å². The van der Waals surface area contributed by atoms with Crippen LogP contribution >= 0.6 is 0 Å².